The molecule has 7 heteroatoms. The molecule has 29 heavy (non-hydrogen) atoms. The minimum absolute atomic E-state index is 0.0770. The van der Waals surface area contributed by atoms with Crippen LogP contribution in [0.3, 0.4) is 0 Å². The molecule has 1 amide bonds. The number of carbonyl (C=O) groups excluding carboxylic acids is 3. The first-order valence-electron chi connectivity index (χ1n) is 9.69. The van der Waals surface area contributed by atoms with E-state index in [9.17, 15) is 22.8 Å². The first kappa shape index (κ1) is 19.5. The molecule has 4 rings (SSSR count). The van der Waals surface area contributed by atoms with Gasteiger partial charge in [-0.3, -0.25) is 14.4 Å². The number of nitrogens with zero attached hydrogens (tertiary/aromatic N) is 1. The molecule has 2 aromatic carbocycles. The van der Waals surface area contributed by atoms with Gasteiger partial charge in [0.05, 0.1) is 5.75 Å². The van der Waals surface area contributed by atoms with Crippen molar-refractivity contribution in [2.45, 2.75) is 19.3 Å². The van der Waals surface area contributed by atoms with E-state index < -0.39 is 10.7 Å². The molecule has 0 aromatic heterocycles. The Morgan fingerprint density at radius 1 is 0.897 bits per heavy atom. The monoisotopic (exact) mass is 411 g/mol. The van der Waals surface area contributed by atoms with Crippen LogP contribution in [0.25, 0.3) is 0 Å². The first-order chi connectivity index (χ1) is 14.0. The highest BCUT2D eigenvalue weighted by Gasteiger charge is 2.30. The van der Waals surface area contributed by atoms with Crippen LogP contribution in [-0.4, -0.2) is 49.6 Å². The van der Waals surface area contributed by atoms with E-state index >= 15 is 0 Å². The molecular weight excluding hydrogens is 390 g/mol. The van der Waals surface area contributed by atoms with Gasteiger partial charge in [0.25, 0.3) is 5.91 Å². The summed E-state index contributed by atoms with van der Waals surface area (Å²) in [6, 6.07) is 11.4. The zero-order chi connectivity index (χ0) is 20.5. The van der Waals surface area contributed by atoms with E-state index in [1.165, 1.54) is 6.07 Å². The second-order valence-corrected chi connectivity index (χ2v) is 8.60. The zero-order valence-corrected chi connectivity index (χ0v) is 16.7. The second kappa shape index (κ2) is 7.91. The number of rotatable bonds is 3. The van der Waals surface area contributed by atoms with Crippen LogP contribution in [0, 0.1) is 5.92 Å². The van der Waals surface area contributed by atoms with Crippen molar-refractivity contribution in [3.63, 3.8) is 0 Å². The first-order valence-corrected chi connectivity index (χ1v) is 11.1. The number of fused-ring (bicyclic) bond motifs is 2. The lowest BCUT2D eigenvalue weighted by Crippen LogP contribution is -2.32. The Morgan fingerprint density at radius 3 is 2.24 bits per heavy atom. The summed E-state index contributed by atoms with van der Waals surface area (Å²) in [5.41, 5.74) is 1.70. The maximum Gasteiger partial charge on any atom is 0.253 e. The molecule has 150 valence electrons. The van der Waals surface area contributed by atoms with E-state index in [0.717, 1.165) is 12.8 Å². The number of thiol groups is 1. The molecule has 0 bridgehead atoms. The number of hydrogen-bond donors (Lipinski definition) is 1. The summed E-state index contributed by atoms with van der Waals surface area (Å²) in [6.07, 6.45) is 2.17. The molecule has 1 fully saturated rings. The third-order valence-corrected chi connectivity index (χ3v) is 6.53. The van der Waals surface area contributed by atoms with Crippen LogP contribution in [-0.2, 0) is 10.7 Å². The average Bonchev–Trinajstić information content (AvgIpc) is 2.96. The molecule has 1 atom stereocenters. The van der Waals surface area contributed by atoms with Crippen molar-refractivity contribution in [2.75, 3.05) is 18.8 Å². The summed E-state index contributed by atoms with van der Waals surface area (Å²) < 4.78 is 22.0. The molecule has 1 saturated heterocycles. The van der Waals surface area contributed by atoms with Crippen molar-refractivity contribution < 1.29 is 22.8 Å². The summed E-state index contributed by atoms with van der Waals surface area (Å²) in [4.78, 5) is 40.3. The van der Waals surface area contributed by atoms with Crippen LogP contribution in [0.2, 0.25) is 0 Å². The van der Waals surface area contributed by atoms with Crippen molar-refractivity contribution in [1.82, 2.24) is 4.90 Å². The highest BCUT2D eigenvalue weighted by Crippen LogP contribution is 2.28. The van der Waals surface area contributed by atoms with Crippen LogP contribution < -0.4 is 0 Å². The molecule has 0 N–H and O–H groups in total. The maximum atomic E-state index is 13.0. The van der Waals surface area contributed by atoms with E-state index in [4.69, 9.17) is 0 Å². The van der Waals surface area contributed by atoms with E-state index in [-0.39, 0.29) is 34.7 Å². The Morgan fingerprint density at radius 2 is 1.55 bits per heavy atom. The van der Waals surface area contributed by atoms with Crippen LogP contribution >= 0.6 is 0 Å². The SMILES string of the molecule is O=C1c2ccccc2C(=O)c2cc(C(=O)N3CCCC(C[SH](=O)=O)CC3)ccc21. The van der Waals surface area contributed by atoms with Crippen LogP contribution in [0.15, 0.2) is 42.5 Å². The molecule has 1 unspecified atom stereocenters. The van der Waals surface area contributed by atoms with Gasteiger partial charge in [0.1, 0.15) is 10.7 Å². The molecule has 2 aliphatic rings. The van der Waals surface area contributed by atoms with Crippen molar-refractivity contribution in [3.8, 4) is 0 Å². The molecule has 0 saturated carbocycles. The highest BCUT2D eigenvalue weighted by atomic mass is 32.2. The lowest BCUT2D eigenvalue weighted by atomic mass is 9.83. The van der Waals surface area contributed by atoms with Crippen LogP contribution in [0.5, 0.6) is 0 Å². The summed E-state index contributed by atoms with van der Waals surface area (Å²) in [5, 5.41) is 0. The number of carbonyl (C=O) groups is 3. The normalized spacial score (nSPS) is 18.9. The molecule has 6 nitrogen and oxygen atoms in total. The van der Waals surface area contributed by atoms with Crippen molar-refractivity contribution in [1.29, 1.82) is 0 Å². The van der Waals surface area contributed by atoms with Gasteiger partial charge < -0.3 is 4.90 Å². The van der Waals surface area contributed by atoms with Crippen molar-refractivity contribution in [2.24, 2.45) is 5.92 Å². The molecule has 0 spiro atoms. The summed E-state index contributed by atoms with van der Waals surface area (Å²) >= 11 is 0. The third-order valence-electron chi connectivity index (χ3n) is 5.71. The average molecular weight is 411 g/mol. The van der Waals surface area contributed by atoms with Crippen LogP contribution in [0.1, 0.15) is 61.5 Å². The third kappa shape index (κ3) is 3.74. The Bertz CT molecular complexity index is 1080. The lowest BCUT2D eigenvalue weighted by molar-refractivity contribution is 0.0760. The van der Waals surface area contributed by atoms with Gasteiger partial charge in [0.2, 0.25) is 0 Å². The van der Waals surface area contributed by atoms with Gasteiger partial charge in [0.15, 0.2) is 11.6 Å². The van der Waals surface area contributed by atoms with Gasteiger partial charge in [-0.05, 0) is 43.4 Å². The predicted octanol–water partition coefficient (Wildman–Crippen LogP) is 2.32. The zero-order valence-electron chi connectivity index (χ0n) is 15.8. The minimum Gasteiger partial charge on any atom is -0.339 e. The highest BCUT2D eigenvalue weighted by molar-refractivity contribution is 7.72. The topological polar surface area (TPSA) is 88.6 Å². The van der Waals surface area contributed by atoms with Gasteiger partial charge >= 0.3 is 0 Å². The Hall–Kier alpha value is -2.80. The summed E-state index contributed by atoms with van der Waals surface area (Å²) in [5.74, 6) is -0.419. The fourth-order valence-electron chi connectivity index (χ4n) is 4.18. The van der Waals surface area contributed by atoms with E-state index in [0.29, 0.717) is 41.8 Å². The van der Waals surface area contributed by atoms with Gasteiger partial charge in [-0.1, -0.05) is 24.3 Å². The minimum atomic E-state index is -2.42. The Labute approximate surface area is 170 Å². The Balaban J connectivity index is 1.58. The van der Waals surface area contributed by atoms with Crippen molar-refractivity contribution in [3.05, 3.63) is 70.3 Å². The quantitative estimate of drug-likeness (QED) is 0.668. The molecule has 1 heterocycles. The number of benzene rings is 2. The van der Waals surface area contributed by atoms with Gasteiger partial charge in [-0.15, -0.1) is 0 Å². The van der Waals surface area contributed by atoms with Crippen LogP contribution in [0.4, 0.5) is 0 Å². The number of ketones is 2. The predicted molar refractivity (Wildman–Crippen MR) is 108 cm³/mol. The molecule has 0 radical (unpaired) electrons. The van der Waals surface area contributed by atoms with Gasteiger partial charge in [-0.25, -0.2) is 8.42 Å². The number of hydrogen-bond acceptors (Lipinski definition) is 5. The van der Waals surface area contributed by atoms with Crippen molar-refractivity contribution >= 4 is 28.2 Å². The standard InChI is InChI=1S/C22H21NO5S/c24-20-16-5-1-2-6-17(16)21(25)19-12-15(7-8-18(19)20)22(26)23-10-3-4-14(9-11-23)13-29(27)28/h1-2,5-8,12,14,29H,3-4,9-11,13H2. The van der Waals surface area contributed by atoms with Gasteiger partial charge in [-0.2, -0.15) is 0 Å². The second-order valence-electron chi connectivity index (χ2n) is 7.57. The lowest BCUT2D eigenvalue weighted by Gasteiger charge is -2.22. The molecule has 1 aliphatic heterocycles. The number of likely N-dealkylation sites (tertiary alicyclic amines) is 1. The van der Waals surface area contributed by atoms with E-state index in [1.807, 2.05) is 0 Å². The summed E-state index contributed by atoms with van der Waals surface area (Å²) in [6.45, 7) is 1.04. The Kier molecular flexibility index (Phi) is 5.32. The largest absolute Gasteiger partial charge is 0.339 e. The molecule has 2 aromatic rings. The summed E-state index contributed by atoms with van der Waals surface area (Å²) in [7, 11) is -2.42. The fraction of sp³-hybridized carbons (Fsp3) is 0.318. The molecule has 1 aliphatic carbocycles. The molecular formula is C22H21NO5S. The maximum absolute atomic E-state index is 13.0. The van der Waals surface area contributed by atoms with E-state index in [1.54, 1.807) is 41.3 Å². The van der Waals surface area contributed by atoms with Gasteiger partial charge in [0, 0.05) is 40.9 Å². The fourth-order valence-corrected chi connectivity index (χ4v) is 4.96. The number of amides is 1. The smallest absolute Gasteiger partial charge is 0.253 e. The van der Waals surface area contributed by atoms with E-state index in [2.05, 4.69) is 0 Å².